The van der Waals surface area contributed by atoms with Crippen molar-refractivity contribution in [1.29, 1.82) is 0 Å². The number of hydrazine groups is 1. The Morgan fingerprint density at radius 3 is 2.72 bits per heavy atom. The van der Waals surface area contributed by atoms with E-state index in [4.69, 9.17) is 4.84 Å². The molecule has 0 radical (unpaired) electrons. The first-order valence-corrected chi connectivity index (χ1v) is 13.0. The molecular formula is C22H38F3N7O4. The molecule has 1 saturated carbocycles. The number of rotatable bonds is 10. The van der Waals surface area contributed by atoms with Gasteiger partial charge in [-0.25, -0.2) is 5.43 Å². The van der Waals surface area contributed by atoms with Crippen LogP contribution in [0.2, 0.25) is 0 Å². The molecular weight excluding hydrogens is 483 g/mol. The average molecular weight is 522 g/mol. The van der Waals surface area contributed by atoms with Gasteiger partial charge in [0, 0.05) is 19.0 Å². The quantitative estimate of drug-likeness (QED) is 0.199. The molecule has 0 aromatic rings. The normalized spacial score (nSPS) is 35.2. The van der Waals surface area contributed by atoms with Crippen LogP contribution in [0.25, 0.3) is 0 Å². The van der Waals surface area contributed by atoms with E-state index in [1.165, 1.54) is 0 Å². The van der Waals surface area contributed by atoms with Crippen LogP contribution in [0.3, 0.4) is 0 Å². The summed E-state index contributed by atoms with van der Waals surface area (Å²) in [7, 11) is 0. The van der Waals surface area contributed by atoms with Gasteiger partial charge >= 0.3 is 6.36 Å². The Bertz CT molecular complexity index is 739. The van der Waals surface area contributed by atoms with E-state index >= 15 is 0 Å². The number of alkyl halides is 3. The van der Waals surface area contributed by atoms with Crippen molar-refractivity contribution < 1.29 is 32.3 Å². The summed E-state index contributed by atoms with van der Waals surface area (Å²) in [6.07, 6.45) is -0.553. The summed E-state index contributed by atoms with van der Waals surface area (Å²) in [6.45, 7) is 2.13. The van der Waals surface area contributed by atoms with Crippen molar-refractivity contribution in [1.82, 2.24) is 37.6 Å². The molecule has 1 aliphatic carbocycles. The number of carbonyl (C=O) groups is 2. The predicted octanol–water partition coefficient (Wildman–Crippen LogP) is 0.0630. The van der Waals surface area contributed by atoms with Gasteiger partial charge in [0.05, 0.1) is 24.4 Å². The zero-order valence-corrected chi connectivity index (χ0v) is 20.3. The maximum absolute atomic E-state index is 12.4. The number of halogens is 3. The second-order valence-corrected chi connectivity index (χ2v) is 10.0. The molecule has 0 bridgehead atoms. The van der Waals surface area contributed by atoms with E-state index in [2.05, 4.69) is 42.3 Å². The number of hydroxylamine groups is 1. The monoisotopic (exact) mass is 521 g/mol. The molecule has 0 spiro atoms. The standard InChI is InChI=1S/C22H38F3N7O4/c23-22(24,25)35-14-6-4-13(5-7-14)19-29-17(36-32-19)9-8-16(33)26-11-2-12-28-20-18-15(3-1-10-27-18)21(34)31-30-20/h13-15,17-20,27-30,32H,1-12H2,(H,26,33)(H,31,34). The highest BCUT2D eigenvalue weighted by Crippen LogP contribution is 2.32. The Morgan fingerprint density at radius 1 is 1.14 bits per heavy atom. The summed E-state index contributed by atoms with van der Waals surface area (Å²) in [5, 5.41) is 13.0. The molecule has 4 aliphatic rings. The summed E-state index contributed by atoms with van der Waals surface area (Å²) in [4.78, 5) is 29.7. The molecule has 3 heterocycles. The van der Waals surface area contributed by atoms with Crippen LogP contribution in [0, 0.1) is 11.8 Å². The van der Waals surface area contributed by atoms with Gasteiger partial charge in [-0.2, -0.15) is 5.48 Å². The fraction of sp³-hybridized carbons (Fsp3) is 0.909. The third-order valence-corrected chi connectivity index (χ3v) is 7.42. The first-order valence-electron chi connectivity index (χ1n) is 13.0. The van der Waals surface area contributed by atoms with Crippen molar-refractivity contribution in [3.8, 4) is 0 Å². The molecule has 3 saturated heterocycles. The van der Waals surface area contributed by atoms with Crippen molar-refractivity contribution in [3.05, 3.63) is 0 Å². The van der Waals surface area contributed by atoms with Crippen molar-refractivity contribution in [2.75, 3.05) is 19.6 Å². The highest BCUT2D eigenvalue weighted by molar-refractivity contribution is 5.80. The molecule has 5 atom stereocenters. The molecule has 0 aromatic heterocycles. The van der Waals surface area contributed by atoms with Crippen LogP contribution in [0.1, 0.15) is 57.8 Å². The van der Waals surface area contributed by atoms with Gasteiger partial charge in [-0.1, -0.05) is 0 Å². The Labute approximate surface area is 208 Å². The number of nitrogens with one attached hydrogen (secondary N) is 7. The summed E-state index contributed by atoms with van der Waals surface area (Å²) in [6, 6.07) is 0.0571. The van der Waals surface area contributed by atoms with E-state index < -0.39 is 12.5 Å². The first kappa shape index (κ1) is 27.5. The zero-order valence-electron chi connectivity index (χ0n) is 20.3. The smallest absolute Gasteiger partial charge is 0.356 e. The van der Waals surface area contributed by atoms with Gasteiger partial charge in [-0.3, -0.25) is 35.2 Å². The molecule has 14 heteroatoms. The largest absolute Gasteiger partial charge is 0.522 e. The van der Waals surface area contributed by atoms with E-state index in [1.807, 2.05) is 0 Å². The minimum atomic E-state index is -4.59. The predicted molar refractivity (Wildman–Crippen MR) is 122 cm³/mol. The SMILES string of the molecule is O=C(CCC1NC(C2CCC(OC(F)(F)F)CC2)NO1)NCCCNC1NNC(=O)C2CCCNC12. The maximum atomic E-state index is 12.4. The van der Waals surface area contributed by atoms with Crippen LogP contribution in [0.5, 0.6) is 0 Å². The molecule has 4 fully saturated rings. The van der Waals surface area contributed by atoms with Gasteiger partial charge in [0.2, 0.25) is 11.8 Å². The number of carbonyl (C=O) groups excluding carboxylic acids is 2. The van der Waals surface area contributed by atoms with Gasteiger partial charge in [0.1, 0.15) is 6.23 Å². The van der Waals surface area contributed by atoms with Gasteiger partial charge in [-0.05, 0) is 70.4 Å². The number of fused-ring (bicyclic) bond motifs is 1. The molecule has 5 unspecified atom stereocenters. The molecule has 36 heavy (non-hydrogen) atoms. The Kier molecular flexibility index (Phi) is 9.77. The fourth-order valence-electron chi connectivity index (χ4n) is 5.52. The molecule has 0 aromatic carbocycles. The second kappa shape index (κ2) is 12.8. The molecule has 7 N–H and O–H groups in total. The average Bonchev–Trinajstić information content (AvgIpc) is 3.33. The van der Waals surface area contributed by atoms with Crippen molar-refractivity contribution >= 4 is 11.8 Å². The topological polar surface area (TPSA) is 137 Å². The zero-order chi connectivity index (χ0) is 25.5. The number of ether oxygens (including phenoxy) is 1. The van der Waals surface area contributed by atoms with E-state index in [1.54, 1.807) is 0 Å². The number of piperidine rings is 1. The Hall–Kier alpha value is -1.55. The summed E-state index contributed by atoms with van der Waals surface area (Å²) in [5.74, 6) is 0.0833. The van der Waals surface area contributed by atoms with Crippen LogP contribution in [0.4, 0.5) is 13.2 Å². The minimum absolute atomic E-state index is 0.0303. The molecule has 3 aliphatic heterocycles. The Balaban J connectivity index is 1.04. The molecule has 2 amide bonds. The van der Waals surface area contributed by atoms with Crippen LogP contribution < -0.4 is 37.6 Å². The second-order valence-electron chi connectivity index (χ2n) is 10.0. The third-order valence-electron chi connectivity index (χ3n) is 7.42. The summed E-state index contributed by atoms with van der Waals surface area (Å²) in [5.41, 5.74) is 8.68. The number of amides is 2. The summed E-state index contributed by atoms with van der Waals surface area (Å²) < 4.78 is 41.3. The van der Waals surface area contributed by atoms with Crippen LogP contribution in [-0.2, 0) is 19.2 Å². The number of hydrogen-bond acceptors (Lipinski definition) is 9. The van der Waals surface area contributed by atoms with Crippen LogP contribution >= 0.6 is 0 Å². The lowest BCUT2D eigenvalue weighted by Gasteiger charge is -2.42. The van der Waals surface area contributed by atoms with Crippen LogP contribution in [-0.4, -0.2) is 68.5 Å². The van der Waals surface area contributed by atoms with E-state index in [0.717, 1.165) is 25.8 Å². The lowest BCUT2D eigenvalue weighted by molar-refractivity contribution is -0.345. The minimum Gasteiger partial charge on any atom is -0.356 e. The molecule has 11 nitrogen and oxygen atoms in total. The van der Waals surface area contributed by atoms with E-state index in [-0.39, 0.29) is 48.3 Å². The fourth-order valence-corrected chi connectivity index (χ4v) is 5.52. The van der Waals surface area contributed by atoms with Crippen molar-refractivity contribution in [2.24, 2.45) is 11.8 Å². The van der Waals surface area contributed by atoms with Gasteiger partial charge in [0.25, 0.3) is 0 Å². The van der Waals surface area contributed by atoms with E-state index in [9.17, 15) is 22.8 Å². The lowest BCUT2D eigenvalue weighted by atomic mass is 9.85. The highest BCUT2D eigenvalue weighted by Gasteiger charge is 2.40. The van der Waals surface area contributed by atoms with E-state index in [0.29, 0.717) is 51.6 Å². The third kappa shape index (κ3) is 7.97. The molecule has 4 rings (SSSR count). The van der Waals surface area contributed by atoms with Crippen molar-refractivity contribution in [2.45, 2.75) is 94.9 Å². The summed E-state index contributed by atoms with van der Waals surface area (Å²) >= 11 is 0. The van der Waals surface area contributed by atoms with Crippen molar-refractivity contribution in [3.63, 3.8) is 0 Å². The van der Waals surface area contributed by atoms with Gasteiger partial charge < -0.3 is 10.6 Å². The highest BCUT2D eigenvalue weighted by atomic mass is 19.4. The van der Waals surface area contributed by atoms with Gasteiger partial charge in [0.15, 0.2) is 0 Å². The first-order chi connectivity index (χ1) is 17.3. The Morgan fingerprint density at radius 2 is 1.94 bits per heavy atom. The number of hydrogen-bond donors (Lipinski definition) is 7. The van der Waals surface area contributed by atoms with Crippen LogP contribution in [0.15, 0.2) is 0 Å². The molecule has 206 valence electrons. The lowest BCUT2D eigenvalue weighted by Crippen LogP contribution is -2.71. The maximum Gasteiger partial charge on any atom is 0.522 e. The van der Waals surface area contributed by atoms with Gasteiger partial charge in [-0.15, -0.1) is 13.2 Å².